The van der Waals surface area contributed by atoms with Gasteiger partial charge in [-0.3, -0.25) is 48.9 Å². The molecular formula is C39H50N12O10S2. The van der Waals surface area contributed by atoms with E-state index in [1.54, 1.807) is 32.0 Å². The van der Waals surface area contributed by atoms with Crippen LogP contribution >= 0.6 is 11.8 Å². The Morgan fingerprint density at radius 3 is 2.52 bits per heavy atom. The number of non-ortho nitro benzene ring substituents is 1. The summed E-state index contributed by atoms with van der Waals surface area (Å²) in [5.41, 5.74) is 5.63. The van der Waals surface area contributed by atoms with Crippen LogP contribution in [0.5, 0.6) is 0 Å². The fraction of sp³-hybridized carbons (Fsp3) is 0.487. The van der Waals surface area contributed by atoms with Crippen molar-refractivity contribution >= 4 is 79.8 Å². The maximum absolute atomic E-state index is 13.8. The number of H-pyrrole nitrogens is 1. The largest absolute Gasteiger partial charge is 0.368 e. The van der Waals surface area contributed by atoms with Gasteiger partial charge >= 0.3 is 6.03 Å². The van der Waals surface area contributed by atoms with Gasteiger partial charge in [0.15, 0.2) is 5.69 Å². The zero-order chi connectivity index (χ0) is 45.4. The highest BCUT2D eigenvalue weighted by atomic mass is 32.2. The fourth-order valence-corrected chi connectivity index (χ4v) is 10.3. The molecule has 3 aliphatic rings. The number of hydrogen-bond donors (Lipinski definition) is 9. The van der Waals surface area contributed by atoms with Crippen LogP contribution in [-0.4, -0.2) is 119 Å². The smallest absolute Gasteiger partial charge is 0.315 e. The Morgan fingerprint density at radius 2 is 1.78 bits per heavy atom. The Labute approximate surface area is 366 Å². The van der Waals surface area contributed by atoms with Crippen LogP contribution in [0.1, 0.15) is 74.8 Å². The third-order valence-electron chi connectivity index (χ3n) is 10.9. The van der Waals surface area contributed by atoms with Crippen LogP contribution in [-0.2, 0) is 29.2 Å². The normalized spacial score (nSPS) is 20.4. The summed E-state index contributed by atoms with van der Waals surface area (Å²) in [6, 6.07) is 6.03. The van der Waals surface area contributed by atoms with E-state index in [2.05, 4.69) is 51.8 Å². The second-order valence-electron chi connectivity index (χ2n) is 15.8. The molecule has 2 fully saturated rings. The summed E-state index contributed by atoms with van der Waals surface area (Å²) >= 11 is 1.82. The number of nitro benzene ring substituents is 1. The number of nitrogens with two attached hydrogens (primary N) is 1. The first-order valence-electron chi connectivity index (χ1n) is 20.5. The van der Waals surface area contributed by atoms with Crippen LogP contribution < -0.4 is 42.4 Å². The average Bonchev–Trinajstić information content (AvgIpc) is 4.00. The summed E-state index contributed by atoms with van der Waals surface area (Å²) < 4.78 is 27.8. The molecule has 0 saturated carbocycles. The van der Waals surface area contributed by atoms with Crippen LogP contribution in [0.2, 0.25) is 0 Å². The van der Waals surface area contributed by atoms with Gasteiger partial charge in [0.1, 0.15) is 24.0 Å². The lowest BCUT2D eigenvalue weighted by atomic mass is 10.0. The number of amides is 7. The van der Waals surface area contributed by atoms with Crippen molar-refractivity contribution in [1.82, 2.24) is 46.8 Å². The lowest BCUT2D eigenvalue weighted by Crippen LogP contribution is -2.57. The van der Waals surface area contributed by atoms with Crippen molar-refractivity contribution in [3.05, 3.63) is 63.8 Å². The fourth-order valence-electron chi connectivity index (χ4n) is 7.53. The van der Waals surface area contributed by atoms with Crippen molar-refractivity contribution in [1.29, 1.82) is 0 Å². The zero-order valence-corrected chi connectivity index (χ0v) is 36.1. The number of aliphatic imine (C=N–C) groups is 1. The predicted octanol–water partition coefficient (Wildman–Crippen LogP) is 0.431. The number of carbonyl (C=O) groups excluding carboxylic acids is 6. The number of benzene rings is 2. The number of nitro groups is 1. The molecule has 22 nitrogen and oxygen atoms in total. The summed E-state index contributed by atoms with van der Waals surface area (Å²) in [4.78, 5) is 93.0. The van der Waals surface area contributed by atoms with Crippen LogP contribution in [0.4, 0.5) is 10.5 Å². The number of aromatic nitrogens is 2. The highest BCUT2D eigenvalue weighted by Crippen LogP contribution is 2.33. The molecule has 6 rings (SSSR count). The van der Waals surface area contributed by atoms with Gasteiger partial charge in [-0.15, -0.1) is 0 Å². The Bertz CT molecular complexity index is 2410. The van der Waals surface area contributed by atoms with Gasteiger partial charge in [0.25, 0.3) is 21.6 Å². The van der Waals surface area contributed by atoms with Crippen molar-refractivity contribution in [2.45, 2.75) is 99.1 Å². The number of urea groups is 1. The third kappa shape index (κ3) is 11.4. The van der Waals surface area contributed by atoms with Crippen LogP contribution in [0.15, 0.2) is 52.4 Å². The number of carbonyl (C=O) groups is 6. The molecule has 10 N–H and O–H groups in total. The number of aromatic amines is 1. The highest BCUT2D eigenvalue weighted by Gasteiger charge is 2.42. The number of nitrogens with one attached hydrogen (secondary N) is 8. The first kappa shape index (κ1) is 46.2. The maximum atomic E-state index is 13.8. The van der Waals surface area contributed by atoms with E-state index < -0.39 is 69.2 Å². The highest BCUT2D eigenvalue weighted by molar-refractivity contribution is 8.00. The number of primary amides is 1. The Morgan fingerprint density at radius 1 is 1.00 bits per heavy atom. The van der Waals surface area contributed by atoms with Gasteiger partial charge in [0.2, 0.25) is 23.6 Å². The summed E-state index contributed by atoms with van der Waals surface area (Å²) in [6.07, 6.45) is 3.64. The molecule has 1 aromatic heterocycles. The molecular weight excluding hydrogens is 861 g/mol. The summed E-state index contributed by atoms with van der Waals surface area (Å²) in [5.74, 6) is -3.21. The number of rotatable bonds is 21. The number of sulfonamides is 1. The number of nitrogens with zero attached hydrogens (tertiary/aromatic N) is 3. The average molecular weight is 911 g/mol. The Kier molecular flexibility index (Phi) is 14.9. The molecule has 0 spiro atoms. The minimum absolute atomic E-state index is 0.00429. The van der Waals surface area contributed by atoms with Gasteiger partial charge in [0, 0.05) is 53.6 Å². The van der Waals surface area contributed by atoms with E-state index >= 15 is 0 Å². The first-order valence-corrected chi connectivity index (χ1v) is 23.0. The van der Waals surface area contributed by atoms with Crippen molar-refractivity contribution in [2.75, 3.05) is 18.8 Å². The lowest BCUT2D eigenvalue weighted by Gasteiger charge is -2.23. The van der Waals surface area contributed by atoms with Crippen molar-refractivity contribution in [3.8, 4) is 0 Å². The number of hydrogen-bond acceptors (Lipinski definition) is 13. The van der Waals surface area contributed by atoms with E-state index in [-0.39, 0.29) is 63.5 Å². The molecule has 3 aliphatic heterocycles. The molecule has 3 aromatic rings. The number of thioether (sulfide) groups is 1. The minimum atomic E-state index is -3.92. The molecule has 6 atom stereocenters. The summed E-state index contributed by atoms with van der Waals surface area (Å²) in [7, 11) is -3.92. The first-order chi connectivity index (χ1) is 30.0. The SMILES string of the molecule is CC(C)C(N=C1NS(=O)(=O)c2ccccc21)C(=O)NCC(NC(=O)c1n[nH]c2ccc([N+](=O)[O-])cc12)C(=O)NC(CCCCNC(=O)CCCC[C@@H]1SCC2NC(=O)NC21)C(N)=O. The van der Waals surface area contributed by atoms with Gasteiger partial charge in [-0.05, 0) is 56.2 Å². The standard InChI is InChI=1S/C39H50N12O10S2/c1-20(2)31(46-35-22-9-3-5-12-29(22)63(60,61)50-35)37(55)42-18-26(44-38(56)32-23-17-21(51(58)59)14-15-24(23)48-49-32)36(54)43-25(34(40)53)10-7-8-16-41-30(52)13-6-4-11-28-33-27(19-62-28)45-39(57)47-33/h3,5,9,12,14-15,17,20,25-28,31,33H,4,6-8,10-11,13,16,18-19H2,1-2H3,(H2,40,53)(H,41,52)(H,42,55)(H,43,54)(H,44,56)(H,46,50)(H,48,49)(H2,45,47,57)/t25?,26?,27?,28-,31?,33?/m0/s1. The van der Waals surface area contributed by atoms with Gasteiger partial charge in [-0.1, -0.05) is 32.4 Å². The third-order valence-corrected chi connectivity index (χ3v) is 13.8. The Hall–Kier alpha value is -6.30. The monoisotopic (exact) mass is 910 g/mol. The molecule has 2 aromatic carbocycles. The molecule has 0 bridgehead atoms. The second kappa shape index (κ2) is 20.3. The van der Waals surface area contributed by atoms with Gasteiger partial charge in [-0.2, -0.15) is 16.9 Å². The van der Waals surface area contributed by atoms with E-state index in [1.165, 1.54) is 18.2 Å². The van der Waals surface area contributed by atoms with E-state index in [9.17, 15) is 47.3 Å². The van der Waals surface area contributed by atoms with Crippen molar-refractivity contribution in [3.63, 3.8) is 0 Å². The van der Waals surface area contributed by atoms with Crippen LogP contribution in [0.25, 0.3) is 10.9 Å². The van der Waals surface area contributed by atoms with Gasteiger partial charge in [0.05, 0.1) is 27.4 Å². The summed E-state index contributed by atoms with van der Waals surface area (Å²) in [6.45, 7) is 3.14. The van der Waals surface area contributed by atoms with E-state index in [1.807, 2.05) is 11.8 Å². The van der Waals surface area contributed by atoms with Crippen molar-refractivity contribution < 1.29 is 42.1 Å². The molecule has 7 amide bonds. The zero-order valence-electron chi connectivity index (χ0n) is 34.5. The van der Waals surface area contributed by atoms with Gasteiger partial charge < -0.3 is 37.6 Å². The minimum Gasteiger partial charge on any atom is -0.368 e. The molecule has 5 unspecified atom stereocenters. The van der Waals surface area contributed by atoms with Crippen molar-refractivity contribution in [2.24, 2.45) is 16.6 Å². The number of fused-ring (bicyclic) bond motifs is 3. The number of unbranched alkanes of at least 4 members (excludes halogenated alkanes) is 2. The van der Waals surface area contributed by atoms with E-state index in [0.717, 1.165) is 24.7 Å². The maximum Gasteiger partial charge on any atom is 0.315 e. The molecule has 338 valence electrons. The topological polar surface area (TPSA) is 331 Å². The molecule has 24 heteroatoms. The molecule has 0 aliphatic carbocycles. The quantitative estimate of drug-likeness (QED) is 0.0304. The molecule has 2 saturated heterocycles. The van der Waals surface area contributed by atoms with E-state index in [0.29, 0.717) is 43.0 Å². The van der Waals surface area contributed by atoms with Crippen LogP contribution in [0.3, 0.4) is 0 Å². The Balaban J connectivity index is 1.06. The van der Waals surface area contributed by atoms with Crippen LogP contribution in [0, 0.1) is 16.0 Å². The predicted molar refractivity (Wildman–Crippen MR) is 231 cm³/mol. The molecule has 4 heterocycles. The molecule has 0 radical (unpaired) electrons. The number of amidine groups is 1. The van der Waals surface area contributed by atoms with Gasteiger partial charge in [-0.25, -0.2) is 13.2 Å². The van der Waals surface area contributed by atoms with E-state index in [4.69, 9.17) is 5.73 Å². The summed E-state index contributed by atoms with van der Waals surface area (Å²) in [5, 5.41) is 34.8. The molecule has 63 heavy (non-hydrogen) atoms. The lowest BCUT2D eigenvalue weighted by molar-refractivity contribution is -0.384. The second-order valence-corrected chi connectivity index (χ2v) is 18.7.